The van der Waals surface area contributed by atoms with E-state index >= 15 is 0 Å². The lowest BCUT2D eigenvalue weighted by Gasteiger charge is -2.14. The number of carbonyl (C=O) groups excluding carboxylic acids is 1. The summed E-state index contributed by atoms with van der Waals surface area (Å²) in [6.45, 7) is 4.51. The second kappa shape index (κ2) is 8.59. The van der Waals surface area contributed by atoms with Gasteiger partial charge in [0.1, 0.15) is 17.4 Å². The topological polar surface area (TPSA) is 78.1 Å². The number of amides is 1. The summed E-state index contributed by atoms with van der Waals surface area (Å²) >= 11 is 0. The van der Waals surface area contributed by atoms with E-state index < -0.39 is 5.91 Å². The number of nitrogens with one attached hydrogen (secondary N) is 2. The normalized spacial score (nSPS) is 12.3. The molecule has 24 heavy (non-hydrogen) atoms. The molecule has 5 nitrogen and oxygen atoms in total. The summed E-state index contributed by atoms with van der Waals surface area (Å²) in [4.78, 5) is 12.1. The molecule has 0 spiro atoms. The van der Waals surface area contributed by atoms with Crippen molar-refractivity contribution in [1.82, 2.24) is 5.32 Å². The molecule has 1 atom stereocenters. The fourth-order valence-corrected chi connectivity index (χ4v) is 2.25. The third kappa shape index (κ3) is 4.50. The van der Waals surface area contributed by atoms with Crippen molar-refractivity contribution >= 4 is 11.6 Å². The van der Waals surface area contributed by atoms with Crippen LogP contribution in [0.5, 0.6) is 0 Å². The van der Waals surface area contributed by atoms with Crippen LogP contribution >= 0.6 is 0 Å². The minimum atomic E-state index is -0.442. The predicted molar refractivity (Wildman–Crippen MR) is 93.0 cm³/mol. The maximum absolute atomic E-state index is 12.1. The van der Waals surface area contributed by atoms with Crippen LogP contribution in [0.1, 0.15) is 37.5 Å². The summed E-state index contributed by atoms with van der Waals surface area (Å²) in [7, 11) is 0. The number of nitrogens with zero attached hydrogens (tertiary/aromatic N) is 1. The summed E-state index contributed by atoms with van der Waals surface area (Å²) in [6, 6.07) is 13.3. The molecule has 0 aliphatic rings. The SMILES string of the molecule is CCC(C)c1ccccc1N/C=C(/C#N)C(=O)NCc1ccco1. The van der Waals surface area contributed by atoms with Crippen molar-refractivity contribution in [3.05, 3.63) is 65.8 Å². The van der Waals surface area contributed by atoms with E-state index in [1.807, 2.05) is 30.3 Å². The summed E-state index contributed by atoms with van der Waals surface area (Å²) < 4.78 is 5.15. The molecule has 1 heterocycles. The van der Waals surface area contributed by atoms with E-state index in [4.69, 9.17) is 4.42 Å². The van der Waals surface area contributed by atoms with Crippen molar-refractivity contribution in [3.8, 4) is 6.07 Å². The largest absolute Gasteiger partial charge is 0.467 e. The number of benzene rings is 1. The van der Waals surface area contributed by atoms with Gasteiger partial charge in [-0.2, -0.15) is 5.26 Å². The van der Waals surface area contributed by atoms with Crippen LogP contribution in [0.3, 0.4) is 0 Å². The van der Waals surface area contributed by atoms with Gasteiger partial charge in [0.15, 0.2) is 0 Å². The molecule has 0 bridgehead atoms. The Labute approximate surface area is 142 Å². The average molecular weight is 323 g/mol. The van der Waals surface area contributed by atoms with Gasteiger partial charge in [-0.05, 0) is 36.1 Å². The molecule has 0 saturated heterocycles. The van der Waals surface area contributed by atoms with Crippen molar-refractivity contribution in [1.29, 1.82) is 5.26 Å². The summed E-state index contributed by atoms with van der Waals surface area (Å²) in [5.74, 6) is 0.582. The van der Waals surface area contributed by atoms with Crippen LogP contribution in [-0.4, -0.2) is 5.91 Å². The lowest BCUT2D eigenvalue weighted by molar-refractivity contribution is -0.117. The number of furan rings is 1. The van der Waals surface area contributed by atoms with Crippen LogP contribution in [0.2, 0.25) is 0 Å². The smallest absolute Gasteiger partial charge is 0.263 e. The first-order valence-corrected chi connectivity index (χ1v) is 7.92. The van der Waals surface area contributed by atoms with E-state index in [0.717, 1.165) is 17.7 Å². The fourth-order valence-electron chi connectivity index (χ4n) is 2.25. The monoisotopic (exact) mass is 323 g/mol. The van der Waals surface area contributed by atoms with Crippen molar-refractivity contribution < 1.29 is 9.21 Å². The van der Waals surface area contributed by atoms with Gasteiger partial charge in [0, 0.05) is 11.9 Å². The minimum Gasteiger partial charge on any atom is -0.467 e. The molecule has 5 heteroatoms. The summed E-state index contributed by atoms with van der Waals surface area (Å²) in [6.07, 6.45) is 3.99. The Morgan fingerprint density at radius 3 is 2.79 bits per heavy atom. The van der Waals surface area contributed by atoms with Gasteiger partial charge in [-0.1, -0.05) is 32.0 Å². The molecule has 1 unspecified atom stereocenters. The van der Waals surface area contributed by atoms with Gasteiger partial charge in [-0.25, -0.2) is 0 Å². The molecule has 0 radical (unpaired) electrons. The first kappa shape index (κ1) is 17.4. The lowest BCUT2D eigenvalue weighted by Crippen LogP contribution is -2.24. The number of hydrogen-bond acceptors (Lipinski definition) is 4. The molecule has 1 aromatic carbocycles. The van der Waals surface area contributed by atoms with Gasteiger partial charge >= 0.3 is 0 Å². The van der Waals surface area contributed by atoms with Crippen LogP contribution in [0, 0.1) is 11.3 Å². The molecular formula is C19H21N3O2. The highest BCUT2D eigenvalue weighted by Crippen LogP contribution is 2.26. The molecule has 2 aromatic rings. The highest BCUT2D eigenvalue weighted by Gasteiger charge is 2.11. The molecule has 0 fully saturated rings. The van der Waals surface area contributed by atoms with Gasteiger partial charge in [-0.15, -0.1) is 0 Å². The van der Waals surface area contributed by atoms with E-state index in [2.05, 4.69) is 24.5 Å². The zero-order valence-electron chi connectivity index (χ0n) is 13.9. The Balaban J connectivity index is 2.06. The second-order valence-electron chi connectivity index (χ2n) is 5.47. The zero-order valence-corrected chi connectivity index (χ0v) is 13.9. The summed E-state index contributed by atoms with van der Waals surface area (Å²) in [5.41, 5.74) is 2.07. The molecule has 1 aromatic heterocycles. The number of nitriles is 1. The minimum absolute atomic E-state index is 0.0144. The predicted octanol–water partition coefficient (Wildman–Crippen LogP) is 3.93. The Morgan fingerprint density at radius 2 is 2.12 bits per heavy atom. The third-order valence-electron chi connectivity index (χ3n) is 3.84. The Kier molecular flexibility index (Phi) is 6.21. The molecule has 0 aliphatic carbocycles. The van der Waals surface area contributed by atoms with Crippen LogP contribution < -0.4 is 10.6 Å². The molecule has 1 amide bonds. The van der Waals surface area contributed by atoms with Crippen molar-refractivity contribution in [3.63, 3.8) is 0 Å². The van der Waals surface area contributed by atoms with E-state index in [1.54, 1.807) is 12.1 Å². The summed E-state index contributed by atoms with van der Waals surface area (Å²) in [5, 5.41) is 15.0. The van der Waals surface area contributed by atoms with Crippen molar-refractivity contribution in [2.24, 2.45) is 0 Å². The van der Waals surface area contributed by atoms with Gasteiger partial charge in [0.05, 0.1) is 12.8 Å². The van der Waals surface area contributed by atoms with Crippen molar-refractivity contribution in [2.45, 2.75) is 32.7 Å². The molecule has 0 aliphatic heterocycles. The molecule has 0 saturated carbocycles. The number of rotatable bonds is 7. The second-order valence-corrected chi connectivity index (χ2v) is 5.47. The Bertz CT molecular complexity index is 742. The van der Waals surface area contributed by atoms with E-state index in [9.17, 15) is 10.1 Å². The average Bonchev–Trinajstić information content (AvgIpc) is 3.13. The van der Waals surface area contributed by atoms with Crippen LogP contribution in [0.4, 0.5) is 5.69 Å². The maximum atomic E-state index is 12.1. The molecule has 124 valence electrons. The van der Waals surface area contributed by atoms with Crippen LogP contribution in [0.25, 0.3) is 0 Å². The lowest BCUT2D eigenvalue weighted by atomic mass is 9.97. The number of carbonyl (C=O) groups is 1. The molecule has 2 rings (SSSR count). The number of anilines is 1. The standard InChI is InChI=1S/C19H21N3O2/c1-3-14(2)17-8-4-5-9-18(17)21-12-15(11-20)19(23)22-13-16-7-6-10-24-16/h4-10,12,14,21H,3,13H2,1-2H3,(H,22,23)/b15-12-. The zero-order chi connectivity index (χ0) is 17.4. The molecule has 2 N–H and O–H groups in total. The van der Waals surface area contributed by atoms with Crippen LogP contribution in [0.15, 0.2) is 58.9 Å². The first-order valence-electron chi connectivity index (χ1n) is 7.92. The Morgan fingerprint density at radius 1 is 1.33 bits per heavy atom. The highest BCUT2D eigenvalue weighted by atomic mass is 16.3. The van der Waals surface area contributed by atoms with Gasteiger partial charge in [0.25, 0.3) is 5.91 Å². The quantitative estimate of drug-likeness (QED) is 0.598. The number of para-hydroxylation sites is 1. The molecular weight excluding hydrogens is 302 g/mol. The van der Waals surface area contributed by atoms with Crippen molar-refractivity contribution in [2.75, 3.05) is 5.32 Å². The number of hydrogen-bond donors (Lipinski definition) is 2. The van der Waals surface area contributed by atoms with E-state index in [0.29, 0.717) is 11.7 Å². The first-order chi connectivity index (χ1) is 11.7. The highest BCUT2D eigenvalue weighted by molar-refractivity contribution is 5.97. The third-order valence-corrected chi connectivity index (χ3v) is 3.84. The van der Waals surface area contributed by atoms with Gasteiger partial charge in [0.2, 0.25) is 0 Å². The van der Waals surface area contributed by atoms with E-state index in [1.165, 1.54) is 12.5 Å². The Hall–Kier alpha value is -3.00. The van der Waals surface area contributed by atoms with Gasteiger partial charge < -0.3 is 15.1 Å². The maximum Gasteiger partial charge on any atom is 0.263 e. The van der Waals surface area contributed by atoms with E-state index in [-0.39, 0.29) is 12.1 Å². The van der Waals surface area contributed by atoms with Crippen LogP contribution in [-0.2, 0) is 11.3 Å². The van der Waals surface area contributed by atoms with Gasteiger partial charge in [-0.3, -0.25) is 4.79 Å². The fraction of sp³-hybridized carbons (Fsp3) is 0.263.